The first-order valence-corrected chi connectivity index (χ1v) is 6.66. The Morgan fingerprint density at radius 2 is 2.26 bits per heavy atom. The number of aliphatic imine (C=N–C) groups is 1. The Morgan fingerprint density at radius 1 is 1.42 bits per heavy atom. The SMILES string of the molecule is CN=C(NCc1cn2cc(C)ccc2n1)NC1CC1. The zero-order valence-electron chi connectivity index (χ0n) is 11.3. The fourth-order valence-corrected chi connectivity index (χ4v) is 2.03. The van der Waals surface area contributed by atoms with E-state index < -0.39 is 0 Å². The van der Waals surface area contributed by atoms with E-state index in [0.717, 1.165) is 17.3 Å². The number of pyridine rings is 1. The lowest BCUT2D eigenvalue weighted by Crippen LogP contribution is -2.38. The molecule has 0 unspecified atom stereocenters. The molecule has 0 atom stereocenters. The monoisotopic (exact) mass is 257 g/mol. The highest BCUT2D eigenvalue weighted by atomic mass is 15.2. The van der Waals surface area contributed by atoms with Crippen LogP contribution in [0.2, 0.25) is 0 Å². The van der Waals surface area contributed by atoms with Crippen molar-refractivity contribution < 1.29 is 0 Å². The Kier molecular flexibility index (Phi) is 3.11. The fraction of sp³-hybridized carbons (Fsp3) is 0.429. The zero-order chi connectivity index (χ0) is 13.2. The van der Waals surface area contributed by atoms with Crippen molar-refractivity contribution in [2.75, 3.05) is 7.05 Å². The first-order valence-electron chi connectivity index (χ1n) is 6.66. The smallest absolute Gasteiger partial charge is 0.191 e. The van der Waals surface area contributed by atoms with E-state index in [1.54, 1.807) is 7.05 Å². The van der Waals surface area contributed by atoms with E-state index in [4.69, 9.17) is 0 Å². The highest BCUT2D eigenvalue weighted by Crippen LogP contribution is 2.18. The minimum absolute atomic E-state index is 0.606. The maximum absolute atomic E-state index is 4.57. The Balaban J connectivity index is 1.67. The largest absolute Gasteiger partial charge is 0.354 e. The number of guanidine groups is 1. The minimum atomic E-state index is 0.606. The maximum atomic E-state index is 4.57. The Morgan fingerprint density at radius 3 is 3.00 bits per heavy atom. The molecule has 1 aliphatic carbocycles. The third-order valence-corrected chi connectivity index (χ3v) is 3.23. The molecule has 0 bridgehead atoms. The highest BCUT2D eigenvalue weighted by Gasteiger charge is 2.22. The zero-order valence-corrected chi connectivity index (χ0v) is 11.3. The molecular formula is C14H19N5. The topological polar surface area (TPSA) is 53.7 Å². The molecule has 1 fully saturated rings. The van der Waals surface area contributed by atoms with Crippen LogP contribution >= 0.6 is 0 Å². The van der Waals surface area contributed by atoms with Gasteiger partial charge < -0.3 is 15.0 Å². The van der Waals surface area contributed by atoms with E-state index in [9.17, 15) is 0 Å². The number of aryl methyl sites for hydroxylation is 1. The van der Waals surface area contributed by atoms with E-state index >= 15 is 0 Å². The van der Waals surface area contributed by atoms with Gasteiger partial charge in [0.1, 0.15) is 5.65 Å². The van der Waals surface area contributed by atoms with Crippen LogP contribution in [-0.2, 0) is 6.54 Å². The van der Waals surface area contributed by atoms with Gasteiger partial charge in [0.2, 0.25) is 0 Å². The summed E-state index contributed by atoms with van der Waals surface area (Å²) in [4.78, 5) is 8.78. The fourth-order valence-electron chi connectivity index (χ4n) is 2.03. The minimum Gasteiger partial charge on any atom is -0.354 e. The molecule has 1 saturated carbocycles. The number of hydrogen-bond donors (Lipinski definition) is 2. The molecule has 5 heteroatoms. The third kappa shape index (κ3) is 2.86. The van der Waals surface area contributed by atoms with Crippen LogP contribution < -0.4 is 10.6 Å². The van der Waals surface area contributed by atoms with Crippen molar-refractivity contribution in [3.63, 3.8) is 0 Å². The molecule has 2 heterocycles. The second kappa shape index (κ2) is 4.91. The van der Waals surface area contributed by atoms with Crippen molar-refractivity contribution in [2.24, 2.45) is 4.99 Å². The summed E-state index contributed by atoms with van der Waals surface area (Å²) in [5, 5.41) is 6.65. The number of rotatable bonds is 3. The molecular weight excluding hydrogens is 238 g/mol. The number of fused-ring (bicyclic) bond motifs is 1. The lowest BCUT2D eigenvalue weighted by Gasteiger charge is -2.09. The van der Waals surface area contributed by atoms with E-state index in [1.807, 2.05) is 6.07 Å². The lowest BCUT2D eigenvalue weighted by atomic mass is 10.3. The summed E-state index contributed by atoms with van der Waals surface area (Å²) < 4.78 is 2.06. The van der Waals surface area contributed by atoms with Crippen LogP contribution in [0.3, 0.4) is 0 Å². The summed E-state index contributed by atoms with van der Waals surface area (Å²) in [6, 6.07) is 4.72. The molecule has 0 saturated heterocycles. The van der Waals surface area contributed by atoms with E-state index in [2.05, 4.69) is 50.4 Å². The molecule has 0 aliphatic heterocycles. The predicted molar refractivity (Wildman–Crippen MR) is 76.3 cm³/mol. The van der Waals surface area contributed by atoms with E-state index in [1.165, 1.54) is 18.4 Å². The quantitative estimate of drug-likeness (QED) is 0.646. The van der Waals surface area contributed by atoms with Gasteiger partial charge in [-0.1, -0.05) is 6.07 Å². The first kappa shape index (κ1) is 12.0. The van der Waals surface area contributed by atoms with Crippen LogP contribution in [0.5, 0.6) is 0 Å². The molecule has 5 nitrogen and oxygen atoms in total. The van der Waals surface area contributed by atoms with Gasteiger partial charge in [-0.3, -0.25) is 4.99 Å². The van der Waals surface area contributed by atoms with Crippen LogP contribution in [0.1, 0.15) is 24.1 Å². The summed E-state index contributed by atoms with van der Waals surface area (Å²) in [7, 11) is 1.80. The van der Waals surface area contributed by atoms with Gasteiger partial charge in [0.25, 0.3) is 0 Å². The summed E-state index contributed by atoms with van der Waals surface area (Å²) in [5.41, 5.74) is 3.23. The van der Waals surface area contributed by atoms with E-state index in [-0.39, 0.29) is 0 Å². The second-order valence-corrected chi connectivity index (χ2v) is 5.05. The van der Waals surface area contributed by atoms with Crippen molar-refractivity contribution in [2.45, 2.75) is 32.4 Å². The van der Waals surface area contributed by atoms with Gasteiger partial charge in [0.05, 0.1) is 12.2 Å². The number of nitrogens with zero attached hydrogens (tertiary/aromatic N) is 3. The molecule has 100 valence electrons. The average Bonchev–Trinajstić information content (AvgIpc) is 3.13. The molecule has 2 N–H and O–H groups in total. The van der Waals surface area contributed by atoms with Gasteiger partial charge in [-0.25, -0.2) is 4.98 Å². The molecule has 0 amide bonds. The Hall–Kier alpha value is -2.04. The van der Waals surface area contributed by atoms with Gasteiger partial charge >= 0.3 is 0 Å². The molecule has 2 aromatic rings. The normalized spacial score (nSPS) is 15.8. The number of hydrogen-bond acceptors (Lipinski definition) is 2. The number of nitrogens with one attached hydrogen (secondary N) is 2. The van der Waals surface area contributed by atoms with Gasteiger partial charge in [0.15, 0.2) is 5.96 Å². The summed E-state index contributed by atoms with van der Waals surface area (Å²) >= 11 is 0. The van der Waals surface area contributed by atoms with Gasteiger partial charge in [-0.05, 0) is 31.4 Å². The first-order chi connectivity index (χ1) is 9.24. The molecule has 2 aromatic heterocycles. The van der Waals surface area contributed by atoms with Crippen LogP contribution in [0.4, 0.5) is 0 Å². The molecule has 0 aromatic carbocycles. The van der Waals surface area contributed by atoms with E-state index in [0.29, 0.717) is 12.6 Å². The van der Waals surface area contributed by atoms with Gasteiger partial charge in [-0.15, -0.1) is 0 Å². The van der Waals surface area contributed by atoms with Crippen LogP contribution in [0.25, 0.3) is 5.65 Å². The van der Waals surface area contributed by atoms with Crippen LogP contribution in [0.15, 0.2) is 29.5 Å². The van der Waals surface area contributed by atoms with Crippen LogP contribution in [0, 0.1) is 6.92 Å². The van der Waals surface area contributed by atoms with Gasteiger partial charge in [0, 0.05) is 25.5 Å². The van der Waals surface area contributed by atoms with Crippen molar-refractivity contribution in [3.05, 3.63) is 35.8 Å². The second-order valence-electron chi connectivity index (χ2n) is 5.05. The van der Waals surface area contributed by atoms with Crippen LogP contribution in [-0.4, -0.2) is 28.4 Å². The maximum Gasteiger partial charge on any atom is 0.191 e. The third-order valence-electron chi connectivity index (χ3n) is 3.23. The predicted octanol–water partition coefficient (Wildman–Crippen LogP) is 1.47. The van der Waals surface area contributed by atoms with Crippen molar-refractivity contribution >= 4 is 11.6 Å². The number of imidazole rings is 1. The van der Waals surface area contributed by atoms with Crippen molar-refractivity contribution in [3.8, 4) is 0 Å². The summed E-state index contributed by atoms with van der Waals surface area (Å²) in [6.07, 6.45) is 6.63. The van der Waals surface area contributed by atoms with Crippen molar-refractivity contribution in [1.82, 2.24) is 20.0 Å². The van der Waals surface area contributed by atoms with Crippen molar-refractivity contribution in [1.29, 1.82) is 0 Å². The van der Waals surface area contributed by atoms with Gasteiger partial charge in [-0.2, -0.15) is 0 Å². The molecule has 0 spiro atoms. The summed E-state index contributed by atoms with van der Waals surface area (Å²) in [5.74, 6) is 0.857. The molecule has 1 aliphatic rings. The lowest BCUT2D eigenvalue weighted by molar-refractivity contribution is 0.795. The Bertz CT molecular complexity index is 609. The Labute approximate surface area is 112 Å². The standard InChI is InChI=1S/C14H19N5/c1-10-3-6-13-17-12(9-19(13)8-10)7-16-14(15-2)18-11-4-5-11/h3,6,8-9,11H,4-5,7H2,1-2H3,(H2,15,16,18). The highest BCUT2D eigenvalue weighted by molar-refractivity contribution is 5.80. The average molecular weight is 257 g/mol. The summed E-state index contributed by atoms with van der Waals surface area (Å²) in [6.45, 7) is 2.77. The number of aromatic nitrogens is 2. The molecule has 0 radical (unpaired) electrons. The molecule has 19 heavy (non-hydrogen) atoms. The molecule has 3 rings (SSSR count).